The van der Waals surface area contributed by atoms with Gasteiger partial charge in [-0.3, -0.25) is 15.6 Å². The number of hydrogen-bond acceptors (Lipinski definition) is 5. The number of hydrogen-bond donors (Lipinski definition) is 3. The van der Waals surface area contributed by atoms with Crippen LogP contribution in [0, 0.1) is 0 Å². The zero-order valence-corrected chi connectivity index (χ0v) is 8.95. The monoisotopic (exact) mass is 217 g/mol. The zero-order chi connectivity index (χ0) is 10.4. The van der Waals surface area contributed by atoms with Gasteiger partial charge in [0.15, 0.2) is 0 Å². The summed E-state index contributed by atoms with van der Waals surface area (Å²) in [4.78, 5) is 13.8. The molecule has 0 aromatic heterocycles. The van der Waals surface area contributed by atoms with Crippen molar-refractivity contribution in [3.8, 4) is 0 Å². The molecular weight excluding hydrogens is 202 g/mol. The molecule has 0 fully saturated rings. The summed E-state index contributed by atoms with van der Waals surface area (Å²) < 4.78 is 0. The molecule has 14 heavy (non-hydrogen) atoms. The van der Waals surface area contributed by atoms with E-state index in [1.807, 2.05) is 6.26 Å². The Kier molecular flexibility index (Phi) is 4.58. The summed E-state index contributed by atoms with van der Waals surface area (Å²) >= 11 is 1.62. The van der Waals surface area contributed by atoms with Gasteiger partial charge in [0, 0.05) is 0 Å². The number of carboxylic acid groups (broad SMARTS) is 1. The summed E-state index contributed by atoms with van der Waals surface area (Å²) in [5, 5.41) is 16.6. The van der Waals surface area contributed by atoms with Crippen LogP contribution < -0.4 is 20.7 Å². The number of carboxylic acids is 1. The molecular formula is C8H15N3O2S. The fourth-order valence-electron chi connectivity index (χ4n) is 1.20. The largest absolute Gasteiger partial charge is 0.546 e. The molecule has 0 saturated carbocycles. The Balaban J connectivity index is 2.38. The van der Waals surface area contributed by atoms with Gasteiger partial charge in [0.1, 0.15) is 6.04 Å². The Morgan fingerprint density at radius 3 is 3.14 bits per heavy atom. The second kappa shape index (κ2) is 5.74. The summed E-state index contributed by atoms with van der Waals surface area (Å²) in [5.74, 6) is 0.446. The molecule has 0 aromatic carbocycles. The molecule has 0 aliphatic carbocycles. The highest BCUT2D eigenvalue weighted by molar-refractivity contribution is 7.98. The highest BCUT2D eigenvalue weighted by Crippen LogP contribution is 1.99. The van der Waals surface area contributed by atoms with Crippen LogP contribution >= 0.6 is 11.8 Å². The predicted molar refractivity (Wildman–Crippen MR) is 53.8 cm³/mol. The number of nitrogens with one attached hydrogen (secondary N) is 3. The molecule has 0 saturated heterocycles. The molecule has 0 bridgehead atoms. The van der Waals surface area contributed by atoms with Gasteiger partial charge in [0.25, 0.3) is 0 Å². The second-order valence-electron chi connectivity index (χ2n) is 3.03. The molecule has 1 heterocycles. The summed E-state index contributed by atoms with van der Waals surface area (Å²) in [7, 11) is 0. The van der Waals surface area contributed by atoms with Crippen molar-refractivity contribution < 1.29 is 14.9 Å². The number of carbonyl (C=O) groups excluding carboxylic acids is 1. The first kappa shape index (κ1) is 11.2. The summed E-state index contributed by atoms with van der Waals surface area (Å²) in [6.07, 6.45) is 2.52. The molecule has 1 rings (SSSR count). The van der Waals surface area contributed by atoms with E-state index in [0.29, 0.717) is 12.4 Å². The lowest BCUT2D eigenvalue weighted by molar-refractivity contribution is -0.447. The number of rotatable bonds is 5. The summed E-state index contributed by atoms with van der Waals surface area (Å²) in [6.45, 7) is 1.65. The maximum atomic E-state index is 10.7. The summed E-state index contributed by atoms with van der Waals surface area (Å²) in [5.41, 5.74) is 0. The van der Waals surface area contributed by atoms with Crippen molar-refractivity contribution in [2.75, 3.05) is 25.1 Å². The molecule has 1 aliphatic heterocycles. The van der Waals surface area contributed by atoms with Crippen molar-refractivity contribution in [3.63, 3.8) is 0 Å². The minimum absolute atomic E-state index is 0.566. The number of aliphatic carboxylic acids is 1. The topological polar surface area (TPSA) is 78.2 Å². The van der Waals surface area contributed by atoms with Gasteiger partial charge < -0.3 is 9.90 Å². The van der Waals surface area contributed by atoms with E-state index >= 15 is 0 Å². The first-order valence-electron chi connectivity index (χ1n) is 4.55. The lowest BCUT2D eigenvalue weighted by atomic mass is 10.2. The smallest absolute Gasteiger partial charge is 0.344 e. The van der Waals surface area contributed by atoms with Gasteiger partial charge in [-0.05, 0) is 18.4 Å². The van der Waals surface area contributed by atoms with Gasteiger partial charge in [-0.25, -0.2) is 0 Å². The molecule has 3 N–H and O–H groups in total. The van der Waals surface area contributed by atoms with Gasteiger partial charge in [-0.1, -0.05) is 0 Å². The highest BCUT2D eigenvalue weighted by atomic mass is 32.2. The van der Waals surface area contributed by atoms with Gasteiger partial charge in [-0.2, -0.15) is 11.8 Å². The predicted octanol–water partition coefficient (Wildman–Crippen LogP) is -3.51. The van der Waals surface area contributed by atoms with E-state index in [4.69, 9.17) is 0 Å². The van der Waals surface area contributed by atoms with E-state index < -0.39 is 12.0 Å². The quantitative estimate of drug-likeness (QED) is 0.445. The van der Waals surface area contributed by atoms with Crippen molar-refractivity contribution >= 4 is 23.7 Å². The molecule has 0 unspecified atom stereocenters. The van der Waals surface area contributed by atoms with E-state index in [-0.39, 0.29) is 0 Å². The van der Waals surface area contributed by atoms with Crippen molar-refractivity contribution in [2.45, 2.75) is 12.5 Å². The Morgan fingerprint density at radius 2 is 2.64 bits per heavy atom. The second-order valence-corrected chi connectivity index (χ2v) is 4.01. The van der Waals surface area contributed by atoms with E-state index in [1.54, 1.807) is 11.8 Å². The maximum Gasteiger partial charge on any atom is 0.344 e. The number of carbonyl (C=O) groups is 1. The molecule has 6 heteroatoms. The van der Waals surface area contributed by atoms with Gasteiger partial charge in [-0.15, -0.1) is 0 Å². The third-order valence-electron chi connectivity index (χ3n) is 1.94. The molecule has 0 spiro atoms. The SMILES string of the molecule is CSCC[C@@H](NC1=[NH+]CCN1)C(=O)[O-]. The van der Waals surface area contributed by atoms with Gasteiger partial charge in [0.05, 0.1) is 19.1 Å². The van der Waals surface area contributed by atoms with Crippen LogP contribution in [0.1, 0.15) is 6.42 Å². The lowest BCUT2D eigenvalue weighted by Gasteiger charge is -2.15. The van der Waals surface area contributed by atoms with Crippen molar-refractivity contribution in [1.82, 2.24) is 10.6 Å². The third-order valence-corrected chi connectivity index (χ3v) is 2.59. The highest BCUT2D eigenvalue weighted by Gasteiger charge is 2.18. The average Bonchev–Trinajstić information content (AvgIpc) is 2.64. The Labute approximate surface area is 87.4 Å². The molecule has 5 nitrogen and oxygen atoms in total. The van der Waals surface area contributed by atoms with Crippen molar-refractivity contribution in [3.05, 3.63) is 0 Å². The van der Waals surface area contributed by atoms with Crippen molar-refractivity contribution in [1.29, 1.82) is 0 Å². The molecule has 0 radical (unpaired) electrons. The Morgan fingerprint density at radius 1 is 1.86 bits per heavy atom. The minimum Gasteiger partial charge on any atom is -0.546 e. The average molecular weight is 217 g/mol. The van der Waals surface area contributed by atoms with E-state index in [1.165, 1.54) is 0 Å². The minimum atomic E-state index is -1.05. The van der Waals surface area contributed by atoms with Gasteiger partial charge in [0.2, 0.25) is 0 Å². The normalized spacial score (nSPS) is 17.1. The van der Waals surface area contributed by atoms with E-state index in [0.717, 1.165) is 18.8 Å². The van der Waals surface area contributed by atoms with Gasteiger partial charge >= 0.3 is 5.96 Å². The van der Waals surface area contributed by atoms with Crippen LogP contribution in [0.5, 0.6) is 0 Å². The van der Waals surface area contributed by atoms with Crippen LogP contribution in [0.25, 0.3) is 0 Å². The van der Waals surface area contributed by atoms with E-state index in [2.05, 4.69) is 15.6 Å². The Hall–Kier alpha value is -0.910. The van der Waals surface area contributed by atoms with Crippen LogP contribution in [0.4, 0.5) is 0 Å². The fourth-order valence-corrected chi connectivity index (χ4v) is 1.67. The van der Waals surface area contributed by atoms with E-state index in [9.17, 15) is 9.90 Å². The zero-order valence-electron chi connectivity index (χ0n) is 8.13. The van der Waals surface area contributed by atoms with Crippen molar-refractivity contribution in [2.24, 2.45) is 0 Å². The van der Waals surface area contributed by atoms with Crippen LogP contribution in [0.3, 0.4) is 0 Å². The molecule has 1 aliphatic rings. The molecule has 80 valence electrons. The first-order chi connectivity index (χ1) is 6.74. The number of thioether (sulfide) groups is 1. The lowest BCUT2D eigenvalue weighted by Crippen LogP contribution is -2.75. The Bertz CT molecular complexity index is 233. The maximum absolute atomic E-state index is 10.7. The molecule has 1 atom stereocenters. The van der Waals surface area contributed by atoms with Crippen LogP contribution in [-0.4, -0.2) is 43.1 Å². The molecule has 0 aromatic rings. The van der Waals surface area contributed by atoms with Crippen LogP contribution in [0.15, 0.2) is 0 Å². The van der Waals surface area contributed by atoms with Crippen LogP contribution in [-0.2, 0) is 4.79 Å². The summed E-state index contributed by atoms with van der Waals surface area (Å²) in [6, 6.07) is -0.615. The van der Waals surface area contributed by atoms with Crippen LogP contribution in [0.2, 0.25) is 0 Å². The fraction of sp³-hybridized carbons (Fsp3) is 0.750. The third kappa shape index (κ3) is 3.45. The molecule has 0 amide bonds. The standard InChI is InChI=1S/C8H15N3O2S/c1-14-5-2-6(7(12)13)11-8-9-3-4-10-8/h6H,2-5H2,1H3,(H,12,13)(H2,9,10,11)/t6-/m1/s1. The first-order valence-corrected chi connectivity index (χ1v) is 5.94. The number of guanidine groups is 1.